The number of para-hydroxylation sites is 3. The van der Waals surface area contributed by atoms with Crippen molar-refractivity contribution in [3.05, 3.63) is 94.5 Å². The number of benzene rings is 3. The van der Waals surface area contributed by atoms with Gasteiger partial charge < -0.3 is 25.4 Å². The van der Waals surface area contributed by atoms with E-state index in [1.54, 1.807) is 10.6 Å². The van der Waals surface area contributed by atoms with Gasteiger partial charge in [0.05, 0.1) is 29.7 Å². The molecule has 2 heterocycles. The van der Waals surface area contributed by atoms with Crippen molar-refractivity contribution in [2.75, 3.05) is 52.5 Å². The van der Waals surface area contributed by atoms with Crippen LogP contribution in [-0.4, -0.2) is 77.7 Å². The van der Waals surface area contributed by atoms with E-state index < -0.39 is 0 Å². The minimum absolute atomic E-state index is 0.000378. The second-order valence-electron chi connectivity index (χ2n) is 11.6. The number of aromatic nitrogens is 2. The van der Waals surface area contributed by atoms with Crippen molar-refractivity contribution in [3.63, 3.8) is 0 Å². The van der Waals surface area contributed by atoms with E-state index in [2.05, 4.69) is 10.2 Å². The van der Waals surface area contributed by atoms with Crippen LogP contribution in [0.2, 0.25) is 0 Å². The molecule has 5 rings (SSSR count). The molecule has 46 heavy (non-hydrogen) atoms. The van der Waals surface area contributed by atoms with Gasteiger partial charge >= 0.3 is 0 Å². The summed E-state index contributed by atoms with van der Waals surface area (Å²) >= 11 is 0. The number of fused-ring (bicyclic) bond motifs is 1. The lowest BCUT2D eigenvalue weighted by Crippen LogP contribution is -2.50. The summed E-state index contributed by atoms with van der Waals surface area (Å²) in [5, 5.41) is 4.04. The maximum absolute atomic E-state index is 13.8. The van der Waals surface area contributed by atoms with E-state index in [9.17, 15) is 9.59 Å². The average Bonchev–Trinajstić information content (AvgIpc) is 3.08. The monoisotopic (exact) mass is 626 g/mol. The van der Waals surface area contributed by atoms with Crippen molar-refractivity contribution in [2.24, 2.45) is 5.73 Å². The zero-order valence-electron chi connectivity index (χ0n) is 26.8. The Bertz CT molecular complexity index is 1620. The Morgan fingerprint density at radius 2 is 1.63 bits per heavy atom. The number of carbonyl (C=O) groups excluding carboxylic acids is 1. The standard InChI is InChI=1S/C36H46N6O4/c1-2-45-33-14-8-7-13-32(33)42-34(39-31-12-6-5-11-30(31)36(42)44)26-40-21-23-41(24-22-40)35(43)27-46-29-17-15-28(16-18-29)25-38-20-10-4-3-9-19-37/h5-8,11-18,38H,2-4,9-10,19-27,37H2,1H3. The number of hydrogen-bond acceptors (Lipinski definition) is 8. The molecule has 3 N–H and O–H groups in total. The van der Waals surface area contributed by atoms with Crippen LogP contribution in [0.25, 0.3) is 16.6 Å². The fourth-order valence-corrected chi connectivity index (χ4v) is 5.73. The molecule has 0 unspecified atom stereocenters. The van der Waals surface area contributed by atoms with E-state index in [1.807, 2.05) is 78.6 Å². The molecular formula is C36H46N6O4. The summed E-state index contributed by atoms with van der Waals surface area (Å²) in [7, 11) is 0. The van der Waals surface area contributed by atoms with Crippen LogP contribution in [0.4, 0.5) is 0 Å². The van der Waals surface area contributed by atoms with Crippen LogP contribution < -0.4 is 26.1 Å². The van der Waals surface area contributed by atoms with Crippen molar-refractivity contribution >= 4 is 16.8 Å². The van der Waals surface area contributed by atoms with Gasteiger partial charge in [-0.1, -0.05) is 49.2 Å². The normalized spacial score (nSPS) is 13.7. The summed E-state index contributed by atoms with van der Waals surface area (Å²) in [6.45, 7) is 7.93. The van der Waals surface area contributed by atoms with Crippen molar-refractivity contribution < 1.29 is 14.3 Å². The van der Waals surface area contributed by atoms with Crippen LogP contribution in [0.3, 0.4) is 0 Å². The van der Waals surface area contributed by atoms with E-state index >= 15 is 0 Å². The van der Waals surface area contributed by atoms with Crippen LogP contribution in [0.5, 0.6) is 11.5 Å². The zero-order valence-corrected chi connectivity index (χ0v) is 26.8. The van der Waals surface area contributed by atoms with E-state index in [0.29, 0.717) is 73.2 Å². The first-order valence-corrected chi connectivity index (χ1v) is 16.4. The molecule has 10 nitrogen and oxygen atoms in total. The van der Waals surface area contributed by atoms with Crippen LogP contribution in [-0.2, 0) is 17.9 Å². The average molecular weight is 627 g/mol. The van der Waals surface area contributed by atoms with E-state index in [1.165, 1.54) is 18.4 Å². The molecule has 0 aliphatic carbocycles. The van der Waals surface area contributed by atoms with Gasteiger partial charge in [0.15, 0.2) is 6.61 Å². The van der Waals surface area contributed by atoms with E-state index in [-0.39, 0.29) is 18.1 Å². The number of hydrogen-bond donors (Lipinski definition) is 2. The Kier molecular flexibility index (Phi) is 12.2. The number of ether oxygens (including phenoxy) is 2. The third-order valence-electron chi connectivity index (χ3n) is 8.26. The summed E-state index contributed by atoms with van der Waals surface area (Å²) in [5.74, 6) is 1.92. The van der Waals surface area contributed by atoms with Gasteiger partial charge in [0, 0.05) is 32.7 Å². The summed E-state index contributed by atoms with van der Waals surface area (Å²) in [6.07, 6.45) is 4.64. The molecule has 4 aromatic rings. The van der Waals surface area contributed by atoms with Gasteiger partial charge in [0.2, 0.25) is 0 Å². The molecule has 244 valence electrons. The van der Waals surface area contributed by atoms with Crippen LogP contribution in [0.1, 0.15) is 44.0 Å². The van der Waals surface area contributed by atoms with Gasteiger partial charge in [-0.3, -0.25) is 19.1 Å². The van der Waals surface area contributed by atoms with Crippen LogP contribution in [0, 0.1) is 0 Å². The van der Waals surface area contributed by atoms with Crippen molar-refractivity contribution in [3.8, 4) is 17.2 Å². The second-order valence-corrected chi connectivity index (χ2v) is 11.6. The lowest BCUT2D eigenvalue weighted by Gasteiger charge is -2.34. The predicted molar refractivity (Wildman–Crippen MR) is 182 cm³/mol. The maximum atomic E-state index is 13.8. The van der Waals surface area contributed by atoms with E-state index in [4.69, 9.17) is 20.2 Å². The number of piperazine rings is 1. The first kappa shape index (κ1) is 33.1. The molecule has 1 saturated heterocycles. The molecule has 1 aliphatic heterocycles. The SMILES string of the molecule is CCOc1ccccc1-n1c(CN2CCN(C(=O)COc3ccc(CNCCCCCCN)cc3)CC2)nc2ccccc2c1=O. The predicted octanol–water partition coefficient (Wildman–Crippen LogP) is 4.12. The molecule has 1 fully saturated rings. The highest BCUT2D eigenvalue weighted by Gasteiger charge is 2.24. The Morgan fingerprint density at radius 1 is 0.891 bits per heavy atom. The zero-order chi connectivity index (χ0) is 32.1. The highest BCUT2D eigenvalue weighted by atomic mass is 16.5. The van der Waals surface area contributed by atoms with Gasteiger partial charge in [-0.05, 0) is 74.8 Å². The maximum Gasteiger partial charge on any atom is 0.266 e. The number of nitrogens with two attached hydrogens (primary N) is 1. The van der Waals surface area contributed by atoms with Crippen LogP contribution in [0.15, 0.2) is 77.6 Å². The molecular weight excluding hydrogens is 580 g/mol. The van der Waals surface area contributed by atoms with Crippen molar-refractivity contribution in [2.45, 2.75) is 45.7 Å². The summed E-state index contributed by atoms with van der Waals surface area (Å²) in [5.41, 5.74) is 7.94. The largest absolute Gasteiger partial charge is 0.492 e. The lowest BCUT2D eigenvalue weighted by molar-refractivity contribution is -0.135. The Hall–Kier alpha value is -4.25. The molecule has 0 radical (unpaired) electrons. The van der Waals surface area contributed by atoms with Gasteiger partial charge in [-0.2, -0.15) is 0 Å². The minimum Gasteiger partial charge on any atom is -0.492 e. The molecule has 0 bridgehead atoms. The fraction of sp³-hybridized carbons (Fsp3) is 0.417. The Morgan fingerprint density at radius 3 is 2.41 bits per heavy atom. The third-order valence-corrected chi connectivity index (χ3v) is 8.26. The number of nitrogens with zero attached hydrogens (tertiary/aromatic N) is 4. The first-order valence-electron chi connectivity index (χ1n) is 16.4. The minimum atomic E-state index is -0.128. The fourth-order valence-electron chi connectivity index (χ4n) is 5.73. The van der Waals surface area contributed by atoms with Crippen molar-refractivity contribution in [1.29, 1.82) is 0 Å². The summed E-state index contributed by atoms with van der Waals surface area (Å²) in [4.78, 5) is 35.8. The molecule has 1 aromatic heterocycles. The lowest BCUT2D eigenvalue weighted by atomic mass is 10.2. The molecule has 1 amide bonds. The summed E-state index contributed by atoms with van der Waals surface area (Å²) < 4.78 is 13.4. The van der Waals surface area contributed by atoms with Gasteiger partial charge in [-0.15, -0.1) is 0 Å². The smallest absolute Gasteiger partial charge is 0.266 e. The molecule has 0 saturated carbocycles. The molecule has 0 spiro atoms. The molecule has 0 atom stereocenters. The number of amides is 1. The quantitative estimate of drug-likeness (QED) is 0.179. The number of rotatable bonds is 16. The first-order chi connectivity index (χ1) is 22.6. The second kappa shape index (κ2) is 16.9. The van der Waals surface area contributed by atoms with Crippen molar-refractivity contribution in [1.82, 2.24) is 24.7 Å². The highest BCUT2D eigenvalue weighted by Crippen LogP contribution is 2.24. The van der Waals surface area contributed by atoms with E-state index in [0.717, 1.165) is 32.5 Å². The molecule has 3 aromatic carbocycles. The number of unbranched alkanes of at least 4 members (excludes halogenated alkanes) is 3. The van der Waals surface area contributed by atoms with Gasteiger partial charge in [0.1, 0.15) is 17.3 Å². The number of carbonyl (C=O) groups is 1. The molecule has 10 heteroatoms. The van der Waals surface area contributed by atoms with Gasteiger partial charge in [0.25, 0.3) is 11.5 Å². The summed E-state index contributed by atoms with van der Waals surface area (Å²) in [6, 6.07) is 22.9. The Balaban J connectivity index is 1.14. The Labute approximate surface area is 271 Å². The molecule has 1 aliphatic rings. The third kappa shape index (κ3) is 8.72. The number of nitrogens with one attached hydrogen (secondary N) is 1. The van der Waals surface area contributed by atoms with Gasteiger partial charge in [-0.25, -0.2) is 4.98 Å². The van der Waals surface area contributed by atoms with Crippen LogP contribution >= 0.6 is 0 Å². The highest BCUT2D eigenvalue weighted by molar-refractivity contribution is 5.78. The topological polar surface area (TPSA) is 115 Å².